The third-order valence-corrected chi connectivity index (χ3v) is 2.77. The van der Waals surface area contributed by atoms with Gasteiger partial charge in [0, 0.05) is 26.5 Å². The number of nitrogens with one attached hydrogen (secondary N) is 2. The molecule has 0 aliphatic rings. The molecule has 0 atom stereocenters. The number of rotatable bonds is 7. The van der Waals surface area contributed by atoms with Gasteiger partial charge in [-0.25, -0.2) is 18.2 Å². The van der Waals surface area contributed by atoms with Crippen LogP contribution in [-0.4, -0.2) is 30.2 Å². The summed E-state index contributed by atoms with van der Waals surface area (Å²) in [5, 5.41) is 5.56. The van der Waals surface area contributed by atoms with Crippen LogP contribution >= 0.6 is 0 Å². The van der Waals surface area contributed by atoms with E-state index in [9.17, 15) is 13.2 Å². The van der Waals surface area contributed by atoms with Crippen LogP contribution in [0.5, 0.6) is 0 Å². The van der Waals surface area contributed by atoms with Gasteiger partial charge in [-0.3, -0.25) is 0 Å². The second-order valence-corrected chi connectivity index (χ2v) is 4.39. The van der Waals surface area contributed by atoms with Crippen LogP contribution in [0.1, 0.15) is 6.42 Å². The highest BCUT2D eigenvalue weighted by molar-refractivity contribution is 5.55. The van der Waals surface area contributed by atoms with Gasteiger partial charge in [0.1, 0.15) is 5.82 Å². The Balaban J connectivity index is 2.06. The maximum Gasteiger partial charge on any atom is 0.229 e. The predicted octanol–water partition coefficient (Wildman–Crippen LogP) is 3.09. The second kappa shape index (κ2) is 7.60. The summed E-state index contributed by atoms with van der Waals surface area (Å²) in [6.45, 7) is 1.26. The summed E-state index contributed by atoms with van der Waals surface area (Å²) < 4.78 is 44.5. The lowest BCUT2D eigenvalue weighted by Crippen LogP contribution is -2.08. The molecule has 1 heterocycles. The van der Waals surface area contributed by atoms with Gasteiger partial charge < -0.3 is 15.4 Å². The number of methoxy groups -OCH3 is 1. The first kappa shape index (κ1) is 16.0. The zero-order valence-electron chi connectivity index (χ0n) is 11.9. The summed E-state index contributed by atoms with van der Waals surface area (Å²) in [6, 6.07) is 3.54. The molecule has 0 spiro atoms. The van der Waals surface area contributed by atoms with Crippen LogP contribution in [-0.2, 0) is 4.74 Å². The Morgan fingerprint density at radius 2 is 1.95 bits per heavy atom. The molecule has 0 amide bonds. The van der Waals surface area contributed by atoms with Gasteiger partial charge in [-0.05, 0) is 24.6 Å². The minimum absolute atomic E-state index is 0.0710. The highest BCUT2D eigenvalue weighted by atomic mass is 19.2. The second-order valence-electron chi connectivity index (χ2n) is 4.39. The molecule has 2 N–H and O–H groups in total. The number of hydrogen-bond acceptors (Lipinski definition) is 5. The summed E-state index contributed by atoms with van der Waals surface area (Å²) in [7, 11) is 1.61. The molecule has 1 aromatic carbocycles. The van der Waals surface area contributed by atoms with E-state index < -0.39 is 17.5 Å². The van der Waals surface area contributed by atoms with Crippen molar-refractivity contribution in [2.24, 2.45) is 0 Å². The zero-order chi connectivity index (χ0) is 15.9. The molecule has 2 aromatic rings. The van der Waals surface area contributed by atoms with E-state index in [1.807, 2.05) is 0 Å². The summed E-state index contributed by atoms with van der Waals surface area (Å²) in [6.07, 6.45) is 2.26. The third-order valence-electron chi connectivity index (χ3n) is 2.77. The van der Waals surface area contributed by atoms with Crippen molar-refractivity contribution in [3.8, 4) is 0 Å². The molecule has 0 aliphatic heterocycles. The topological polar surface area (TPSA) is 59.1 Å². The van der Waals surface area contributed by atoms with Crippen molar-refractivity contribution in [3.05, 3.63) is 41.8 Å². The van der Waals surface area contributed by atoms with Gasteiger partial charge in [-0.1, -0.05) is 0 Å². The first-order chi connectivity index (χ1) is 10.6. The number of aromatic nitrogens is 2. The van der Waals surface area contributed by atoms with E-state index in [0.717, 1.165) is 18.6 Å². The molecule has 0 fully saturated rings. The number of nitrogens with zero attached hydrogens (tertiary/aromatic N) is 2. The fraction of sp³-hybridized carbons (Fsp3) is 0.286. The lowest BCUT2D eigenvalue weighted by atomic mass is 10.3. The third kappa shape index (κ3) is 4.08. The van der Waals surface area contributed by atoms with Crippen LogP contribution in [0.25, 0.3) is 0 Å². The van der Waals surface area contributed by atoms with Crippen molar-refractivity contribution in [1.29, 1.82) is 0 Å². The molecule has 5 nitrogen and oxygen atoms in total. The number of hydrogen-bond donors (Lipinski definition) is 2. The van der Waals surface area contributed by atoms with E-state index in [0.29, 0.717) is 19.0 Å². The molecule has 0 saturated carbocycles. The van der Waals surface area contributed by atoms with Gasteiger partial charge >= 0.3 is 0 Å². The zero-order valence-corrected chi connectivity index (χ0v) is 11.9. The number of ether oxygens (including phenoxy) is 1. The van der Waals surface area contributed by atoms with Gasteiger partial charge in [0.05, 0.1) is 5.69 Å². The van der Waals surface area contributed by atoms with Crippen molar-refractivity contribution in [2.45, 2.75) is 6.42 Å². The van der Waals surface area contributed by atoms with Crippen LogP contribution in [0, 0.1) is 17.5 Å². The van der Waals surface area contributed by atoms with E-state index in [4.69, 9.17) is 4.74 Å². The average Bonchev–Trinajstić information content (AvgIpc) is 2.53. The van der Waals surface area contributed by atoms with Gasteiger partial charge in [0.2, 0.25) is 5.95 Å². The van der Waals surface area contributed by atoms with E-state index in [-0.39, 0.29) is 11.6 Å². The fourth-order valence-electron chi connectivity index (χ4n) is 1.69. The van der Waals surface area contributed by atoms with Crippen LogP contribution in [0.15, 0.2) is 24.4 Å². The monoisotopic (exact) mass is 312 g/mol. The van der Waals surface area contributed by atoms with E-state index in [2.05, 4.69) is 20.6 Å². The smallest absolute Gasteiger partial charge is 0.229 e. The average molecular weight is 312 g/mol. The highest BCUT2D eigenvalue weighted by Crippen LogP contribution is 2.22. The Morgan fingerprint density at radius 3 is 2.73 bits per heavy atom. The van der Waals surface area contributed by atoms with Crippen LogP contribution in [0.4, 0.5) is 30.6 Å². The van der Waals surface area contributed by atoms with Crippen LogP contribution in [0.2, 0.25) is 0 Å². The Labute approximate surface area is 125 Å². The molecule has 0 bridgehead atoms. The predicted molar refractivity (Wildman–Crippen MR) is 76.6 cm³/mol. The summed E-state index contributed by atoms with van der Waals surface area (Å²) in [4.78, 5) is 8.00. The summed E-state index contributed by atoms with van der Waals surface area (Å²) in [5.41, 5.74) is -0.240. The van der Waals surface area contributed by atoms with E-state index in [1.165, 1.54) is 6.20 Å². The molecule has 0 aliphatic carbocycles. The molecule has 22 heavy (non-hydrogen) atoms. The Kier molecular flexibility index (Phi) is 5.54. The molecule has 8 heteroatoms. The Bertz CT molecular complexity index is 639. The molecule has 0 saturated heterocycles. The minimum Gasteiger partial charge on any atom is -0.385 e. The molecule has 1 aromatic heterocycles. The highest BCUT2D eigenvalue weighted by Gasteiger charge is 2.14. The summed E-state index contributed by atoms with van der Waals surface area (Å²) >= 11 is 0. The summed E-state index contributed by atoms with van der Waals surface area (Å²) in [5.74, 6) is -3.52. The molecular formula is C14H15F3N4O. The molecule has 0 unspecified atom stereocenters. The first-order valence-electron chi connectivity index (χ1n) is 6.58. The van der Waals surface area contributed by atoms with Crippen molar-refractivity contribution in [2.75, 3.05) is 30.9 Å². The lowest BCUT2D eigenvalue weighted by Gasteiger charge is -2.09. The number of benzene rings is 1. The lowest BCUT2D eigenvalue weighted by molar-refractivity contribution is 0.198. The van der Waals surface area contributed by atoms with Crippen molar-refractivity contribution >= 4 is 17.5 Å². The SMILES string of the molecule is COCCCNc1ccnc(Nc2ccc(F)c(F)c2F)n1. The Hall–Kier alpha value is -2.35. The molecule has 0 radical (unpaired) electrons. The molecular weight excluding hydrogens is 297 g/mol. The maximum atomic E-state index is 13.6. The minimum atomic E-state index is -1.54. The number of halogens is 3. The van der Waals surface area contributed by atoms with Crippen molar-refractivity contribution in [1.82, 2.24) is 9.97 Å². The van der Waals surface area contributed by atoms with Crippen molar-refractivity contribution < 1.29 is 17.9 Å². The standard InChI is InChI=1S/C14H15F3N4O/c1-22-8-2-6-18-11-5-7-19-14(21-11)20-10-4-3-9(15)12(16)13(10)17/h3-5,7H,2,6,8H2,1H3,(H2,18,19,20,21). The molecule has 118 valence electrons. The molecule has 2 rings (SSSR count). The van der Waals surface area contributed by atoms with Gasteiger partial charge in [0.15, 0.2) is 17.5 Å². The normalized spacial score (nSPS) is 10.5. The largest absolute Gasteiger partial charge is 0.385 e. The van der Waals surface area contributed by atoms with E-state index in [1.54, 1.807) is 13.2 Å². The van der Waals surface area contributed by atoms with Crippen LogP contribution < -0.4 is 10.6 Å². The number of anilines is 3. The maximum absolute atomic E-state index is 13.6. The Morgan fingerprint density at radius 1 is 1.14 bits per heavy atom. The van der Waals surface area contributed by atoms with Crippen molar-refractivity contribution in [3.63, 3.8) is 0 Å². The van der Waals surface area contributed by atoms with Crippen LogP contribution in [0.3, 0.4) is 0 Å². The van der Waals surface area contributed by atoms with E-state index >= 15 is 0 Å². The quantitative estimate of drug-likeness (QED) is 0.608. The first-order valence-corrected chi connectivity index (χ1v) is 6.58. The van der Waals surface area contributed by atoms with Gasteiger partial charge in [0.25, 0.3) is 0 Å². The fourth-order valence-corrected chi connectivity index (χ4v) is 1.69. The van der Waals surface area contributed by atoms with Gasteiger partial charge in [-0.2, -0.15) is 4.98 Å². The van der Waals surface area contributed by atoms with Gasteiger partial charge in [-0.15, -0.1) is 0 Å².